The van der Waals surface area contributed by atoms with Crippen molar-refractivity contribution in [2.45, 2.75) is 25.0 Å². The Labute approximate surface area is 162 Å². The minimum absolute atomic E-state index is 0.0893. The van der Waals surface area contributed by atoms with E-state index in [0.717, 1.165) is 31.5 Å². The fraction of sp³-hybridized carbons (Fsp3) is 0.261. The second kappa shape index (κ2) is 6.63. The summed E-state index contributed by atoms with van der Waals surface area (Å²) in [5.41, 5.74) is 3.53. The van der Waals surface area contributed by atoms with Crippen LogP contribution in [-0.2, 0) is 21.7 Å². The largest absolute Gasteiger partial charge is 0.365 e. The number of ether oxygens (including phenoxy) is 1. The maximum absolute atomic E-state index is 12.7. The Hall–Kier alpha value is -2.43. The van der Waals surface area contributed by atoms with E-state index in [2.05, 4.69) is 41.8 Å². The number of benzene rings is 2. The van der Waals surface area contributed by atoms with E-state index in [9.17, 15) is 4.79 Å². The molecule has 27 heavy (non-hydrogen) atoms. The molecule has 2 aromatic carbocycles. The lowest BCUT2D eigenvalue weighted by molar-refractivity contribution is -0.133. The molecular formula is C23H21NO2S. The van der Waals surface area contributed by atoms with Gasteiger partial charge in [0, 0.05) is 23.9 Å². The number of nitrogens with zero attached hydrogens (tertiary/aromatic N) is 1. The van der Waals surface area contributed by atoms with Gasteiger partial charge in [-0.3, -0.25) is 4.79 Å². The quantitative estimate of drug-likeness (QED) is 0.592. The van der Waals surface area contributed by atoms with Crippen LogP contribution in [-0.4, -0.2) is 23.9 Å². The lowest BCUT2D eigenvalue weighted by Crippen LogP contribution is -2.44. The van der Waals surface area contributed by atoms with Gasteiger partial charge in [0.1, 0.15) is 0 Å². The molecule has 1 saturated heterocycles. The molecule has 3 nitrogen and oxygen atoms in total. The molecule has 0 radical (unpaired) electrons. The van der Waals surface area contributed by atoms with Crippen molar-refractivity contribution in [2.75, 3.05) is 13.1 Å². The van der Waals surface area contributed by atoms with E-state index in [1.807, 2.05) is 23.1 Å². The van der Waals surface area contributed by atoms with Crippen LogP contribution >= 0.6 is 11.3 Å². The molecule has 1 amide bonds. The number of piperidine rings is 1. The number of hydrogen-bond donors (Lipinski definition) is 0. The third-order valence-electron chi connectivity index (χ3n) is 5.81. The van der Waals surface area contributed by atoms with Gasteiger partial charge in [0.2, 0.25) is 5.91 Å². The zero-order valence-corrected chi connectivity index (χ0v) is 15.9. The van der Waals surface area contributed by atoms with Crippen molar-refractivity contribution in [3.63, 3.8) is 0 Å². The molecule has 3 heterocycles. The summed E-state index contributed by atoms with van der Waals surface area (Å²) in [4.78, 5) is 14.6. The summed E-state index contributed by atoms with van der Waals surface area (Å²) in [6.45, 7) is 2.17. The number of carbonyl (C=O) groups excluding carboxylic acids is 1. The van der Waals surface area contributed by atoms with E-state index in [1.54, 1.807) is 17.4 Å². The molecule has 3 aromatic rings. The molecule has 1 fully saturated rings. The SMILES string of the molecule is O=C(/C=C/c1csc2ccccc12)N1CCC2(CC1)OCc1ccccc12. The molecule has 1 aromatic heterocycles. The summed E-state index contributed by atoms with van der Waals surface area (Å²) in [6.07, 6.45) is 5.40. The van der Waals surface area contributed by atoms with Crippen LogP contribution in [0.15, 0.2) is 60.0 Å². The third-order valence-corrected chi connectivity index (χ3v) is 6.79. The number of likely N-dealkylation sites (tertiary alicyclic amines) is 1. The fourth-order valence-corrected chi connectivity index (χ4v) is 5.21. The first-order valence-corrected chi connectivity index (χ1v) is 10.3. The molecule has 1 spiro atoms. The molecule has 0 saturated carbocycles. The number of fused-ring (bicyclic) bond motifs is 3. The molecule has 5 rings (SSSR count). The Balaban J connectivity index is 1.28. The first kappa shape index (κ1) is 16.7. The van der Waals surface area contributed by atoms with E-state index < -0.39 is 0 Å². The van der Waals surface area contributed by atoms with Gasteiger partial charge in [0.25, 0.3) is 0 Å². The Morgan fingerprint density at radius 1 is 1.07 bits per heavy atom. The van der Waals surface area contributed by atoms with Crippen LogP contribution in [0.25, 0.3) is 16.2 Å². The number of rotatable bonds is 2. The number of hydrogen-bond acceptors (Lipinski definition) is 3. The maximum atomic E-state index is 12.7. The molecular weight excluding hydrogens is 354 g/mol. The van der Waals surface area contributed by atoms with Gasteiger partial charge in [-0.2, -0.15) is 0 Å². The Kier molecular flexibility index (Phi) is 4.10. The van der Waals surface area contributed by atoms with E-state index in [0.29, 0.717) is 6.61 Å². The van der Waals surface area contributed by atoms with E-state index in [1.165, 1.54) is 21.2 Å². The van der Waals surface area contributed by atoms with Crippen LogP contribution in [0.3, 0.4) is 0 Å². The van der Waals surface area contributed by atoms with Crippen molar-refractivity contribution < 1.29 is 9.53 Å². The van der Waals surface area contributed by atoms with E-state index >= 15 is 0 Å². The van der Waals surface area contributed by atoms with Crippen molar-refractivity contribution in [2.24, 2.45) is 0 Å². The summed E-state index contributed by atoms with van der Waals surface area (Å²) in [7, 11) is 0. The van der Waals surface area contributed by atoms with Crippen molar-refractivity contribution >= 4 is 33.4 Å². The fourth-order valence-electron chi connectivity index (χ4n) is 4.28. The molecule has 0 aliphatic carbocycles. The summed E-state index contributed by atoms with van der Waals surface area (Å²) in [5, 5.41) is 3.32. The normalized spacial score (nSPS) is 18.4. The molecule has 136 valence electrons. The molecule has 0 bridgehead atoms. The molecule has 2 aliphatic rings. The smallest absolute Gasteiger partial charge is 0.246 e. The van der Waals surface area contributed by atoms with Gasteiger partial charge in [-0.15, -0.1) is 11.3 Å². The van der Waals surface area contributed by atoms with Gasteiger partial charge in [-0.25, -0.2) is 0 Å². The van der Waals surface area contributed by atoms with Crippen molar-refractivity contribution in [1.82, 2.24) is 4.90 Å². The molecule has 0 atom stereocenters. The minimum atomic E-state index is -0.194. The van der Waals surface area contributed by atoms with Gasteiger partial charge < -0.3 is 9.64 Å². The lowest BCUT2D eigenvalue weighted by Gasteiger charge is -2.39. The lowest BCUT2D eigenvalue weighted by atomic mass is 9.84. The predicted molar refractivity (Wildman–Crippen MR) is 110 cm³/mol. The number of amides is 1. The standard InChI is InChI=1S/C23H21NO2S/c25-22(10-9-18-16-27-21-8-4-2-6-19(18)21)24-13-11-23(12-14-24)20-7-3-1-5-17(20)15-26-23/h1-10,16H,11-15H2/b10-9+. The zero-order valence-electron chi connectivity index (χ0n) is 15.1. The Bertz CT molecular complexity index is 1030. The van der Waals surface area contributed by atoms with Crippen LogP contribution in [0.5, 0.6) is 0 Å². The highest BCUT2D eigenvalue weighted by molar-refractivity contribution is 7.17. The summed E-state index contributed by atoms with van der Waals surface area (Å²) < 4.78 is 7.44. The average Bonchev–Trinajstić information content (AvgIpc) is 3.29. The molecule has 4 heteroatoms. The third kappa shape index (κ3) is 2.89. The minimum Gasteiger partial charge on any atom is -0.365 e. The Morgan fingerprint density at radius 2 is 1.85 bits per heavy atom. The highest BCUT2D eigenvalue weighted by atomic mass is 32.1. The Morgan fingerprint density at radius 3 is 2.74 bits per heavy atom. The van der Waals surface area contributed by atoms with Crippen molar-refractivity contribution in [1.29, 1.82) is 0 Å². The number of thiophene rings is 1. The van der Waals surface area contributed by atoms with Crippen LogP contribution in [0, 0.1) is 0 Å². The summed E-state index contributed by atoms with van der Waals surface area (Å²) >= 11 is 1.71. The monoisotopic (exact) mass is 375 g/mol. The van der Waals surface area contributed by atoms with Gasteiger partial charge >= 0.3 is 0 Å². The highest BCUT2D eigenvalue weighted by Gasteiger charge is 2.42. The highest BCUT2D eigenvalue weighted by Crippen LogP contribution is 2.44. The molecule has 2 aliphatic heterocycles. The first-order chi connectivity index (χ1) is 13.3. The predicted octanol–water partition coefficient (Wildman–Crippen LogP) is 4.96. The number of carbonyl (C=O) groups is 1. The summed E-state index contributed by atoms with van der Waals surface area (Å²) in [6, 6.07) is 16.8. The topological polar surface area (TPSA) is 29.5 Å². The molecule has 0 unspecified atom stereocenters. The van der Waals surface area contributed by atoms with Crippen molar-refractivity contribution in [3.05, 3.63) is 76.7 Å². The van der Waals surface area contributed by atoms with Crippen LogP contribution in [0.4, 0.5) is 0 Å². The van der Waals surface area contributed by atoms with Crippen LogP contribution in [0.1, 0.15) is 29.5 Å². The van der Waals surface area contributed by atoms with Crippen molar-refractivity contribution in [3.8, 4) is 0 Å². The average molecular weight is 375 g/mol. The van der Waals surface area contributed by atoms with Gasteiger partial charge in [0.05, 0.1) is 12.2 Å². The summed E-state index contributed by atoms with van der Waals surface area (Å²) in [5.74, 6) is 0.0893. The maximum Gasteiger partial charge on any atom is 0.246 e. The van der Waals surface area contributed by atoms with Crippen LogP contribution < -0.4 is 0 Å². The van der Waals surface area contributed by atoms with Gasteiger partial charge in [0.15, 0.2) is 0 Å². The second-order valence-electron chi connectivity index (χ2n) is 7.29. The zero-order chi connectivity index (χ0) is 18.3. The molecule has 0 N–H and O–H groups in total. The first-order valence-electron chi connectivity index (χ1n) is 9.41. The van der Waals surface area contributed by atoms with Gasteiger partial charge in [-0.1, -0.05) is 42.5 Å². The van der Waals surface area contributed by atoms with Gasteiger partial charge in [-0.05, 0) is 52.4 Å². The van der Waals surface area contributed by atoms with E-state index in [4.69, 9.17) is 4.74 Å². The van der Waals surface area contributed by atoms with E-state index in [-0.39, 0.29) is 11.5 Å². The second-order valence-corrected chi connectivity index (χ2v) is 8.20. The van der Waals surface area contributed by atoms with Crippen LogP contribution in [0.2, 0.25) is 0 Å².